The molecule has 7 nitrogen and oxygen atoms in total. The number of rotatable bonds is 5. The number of nitrogen functional groups attached to an aromatic ring is 1. The van der Waals surface area contributed by atoms with Crippen LogP contribution in [-0.2, 0) is 0 Å². The van der Waals surface area contributed by atoms with Crippen LogP contribution < -0.4 is 21.1 Å². The Kier molecular flexibility index (Phi) is 5.32. The summed E-state index contributed by atoms with van der Waals surface area (Å²) < 4.78 is 5.07. The molecule has 4 N–H and O–H groups in total. The summed E-state index contributed by atoms with van der Waals surface area (Å²) in [6.07, 6.45) is 3.01. The van der Waals surface area contributed by atoms with E-state index in [-0.39, 0.29) is 11.8 Å². The highest BCUT2D eigenvalue weighted by Gasteiger charge is 2.10. The number of hydrogen-bond acceptors (Lipinski definition) is 5. The van der Waals surface area contributed by atoms with Gasteiger partial charge in [-0.15, -0.1) is 0 Å². The van der Waals surface area contributed by atoms with E-state index in [1.165, 1.54) is 6.20 Å². The largest absolute Gasteiger partial charge is 0.497 e. The van der Waals surface area contributed by atoms with Crippen molar-refractivity contribution in [1.29, 1.82) is 0 Å². The highest BCUT2D eigenvalue weighted by Crippen LogP contribution is 2.18. The Labute approximate surface area is 156 Å². The van der Waals surface area contributed by atoms with Gasteiger partial charge in [0.25, 0.3) is 11.8 Å². The van der Waals surface area contributed by atoms with E-state index in [2.05, 4.69) is 15.6 Å². The average molecular weight is 362 g/mol. The van der Waals surface area contributed by atoms with Gasteiger partial charge in [0.2, 0.25) is 0 Å². The Bertz CT molecular complexity index is 954. The maximum Gasteiger partial charge on any atom is 0.255 e. The third-order valence-corrected chi connectivity index (χ3v) is 3.86. The number of nitrogens with zero attached hydrogens (tertiary/aromatic N) is 1. The Morgan fingerprint density at radius 3 is 2.07 bits per heavy atom. The van der Waals surface area contributed by atoms with Gasteiger partial charge in [-0.1, -0.05) is 0 Å². The van der Waals surface area contributed by atoms with E-state index < -0.39 is 0 Å². The number of ether oxygens (including phenoxy) is 1. The van der Waals surface area contributed by atoms with Crippen LogP contribution in [0.25, 0.3) is 0 Å². The lowest BCUT2D eigenvalue weighted by atomic mass is 10.1. The highest BCUT2D eigenvalue weighted by atomic mass is 16.5. The molecule has 0 aliphatic heterocycles. The molecule has 0 aliphatic rings. The van der Waals surface area contributed by atoms with E-state index >= 15 is 0 Å². The fraction of sp³-hybridized carbons (Fsp3) is 0.0500. The second kappa shape index (κ2) is 8.01. The third kappa shape index (κ3) is 4.40. The topological polar surface area (TPSA) is 106 Å². The van der Waals surface area contributed by atoms with Crippen LogP contribution in [-0.4, -0.2) is 23.9 Å². The van der Waals surface area contributed by atoms with Crippen molar-refractivity contribution < 1.29 is 14.3 Å². The molecule has 0 unspecified atom stereocenters. The Morgan fingerprint density at radius 2 is 1.48 bits per heavy atom. The Hall–Kier alpha value is -3.87. The second-order valence-corrected chi connectivity index (χ2v) is 5.68. The summed E-state index contributed by atoms with van der Waals surface area (Å²) in [5, 5.41) is 5.50. The number of benzene rings is 2. The van der Waals surface area contributed by atoms with Crippen molar-refractivity contribution in [3.63, 3.8) is 0 Å². The van der Waals surface area contributed by atoms with Gasteiger partial charge >= 0.3 is 0 Å². The Balaban J connectivity index is 1.65. The molecule has 1 heterocycles. The number of aromatic nitrogens is 1. The number of nitrogens with two attached hydrogens (primary N) is 1. The van der Waals surface area contributed by atoms with Crippen LogP contribution in [0.2, 0.25) is 0 Å². The summed E-state index contributed by atoms with van der Waals surface area (Å²) in [6, 6.07) is 15.0. The van der Waals surface area contributed by atoms with E-state index in [1.807, 2.05) is 0 Å². The first-order chi connectivity index (χ1) is 13.1. The second-order valence-electron chi connectivity index (χ2n) is 5.68. The van der Waals surface area contributed by atoms with Crippen LogP contribution in [0.3, 0.4) is 0 Å². The first-order valence-corrected chi connectivity index (χ1v) is 8.13. The minimum absolute atomic E-state index is 0.251. The smallest absolute Gasteiger partial charge is 0.255 e. The van der Waals surface area contributed by atoms with Gasteiger partial charge in [-0.05, 0) is 54.6 Å². The Morgan fingerprint density at radius 1 is 0.889 bits per heavy atom. The quantitative estimate of drug-likeness (QED) is 0.646. The van der Waals surface area contributed by atoms with Gasteiger partial charge < -0.3 is 21.1 Å². The summed E-state index contributed by atoms with van der Waals surface area (Å²) in [5.41, 5.74) is 8.17. The fourth-order valence-electron chi connectivity index (χ4n) is 2.37. The number of nitrogens with one attached hydrogen (secondary N) is 2. The van der Waals surface area contributed by atoms with Crippen molar-refractivity contribution in [3.8, 4) is 5.75 Å². The zero-order valence-corrected chi connectivity index (χ0v) is 14.6. The molecule has 3 aromatic rings. The molecular weight excluding hydrogens is 344 g/mol. The number of anilines is 3. The lowest BCUT2D eigenvalue weighted by Gasteiger charge is -2.09. The minimum Gasteiger partial charge on any atom is -0.497 e. The molecule has 3 rings (SSSR count). The summed E-state index contributed by atoms with van der Waals surface area (Å²) >= 11 is 0. The van der Waals surface area contributed by atoms with Gasteiger partial charge in [-0.2, -0.15) is 0 Å². The van der Waals surface area contributed by atoms with Crippen molar-refractivity contribution in [2.45, 2.75) is 0 Å². The van der Waals surface area contributed by atoms with Gasteiger partial charge in [0.15, 0.2) is 0 Å². The van der Waals surface area contributed by atoms with Crippen molar-refractivity contribution in [1.82, 2.24) is 4.98 Å². The zero-order chi connectivity index (χ0) is 19.2. The summed E-state index contributed by atoms with van der Waals surface area (Å²) in [4.78, 5) is 28.4. The molecule has 1 aromatic heterocycles. The monoisotopic (exact) mass is 362 g/mol. The first-order valence-electron chi connectivity index (χ1n) is 8.13. The molecule has 0 saturated heterocycles. The first kappa shape index (κ1) is 17.9. The van der Waals surface area contributed by atoms with Crippen LogP contribution in [0.1, 0.15) is 20.7 Å². The molecule has 0 bridgehead atoms. The summed E-state index contributed by atoms with van der Waals surface area (Å²) in [5.74, 6) is 0.122. The minimum atomic E-state index is -0.305. The van der Waals surface area contributed by atoms with Crippen LogP contribution in [0.4, 0.5) is 17.1 Å². The molecule has 2 aromatic carbocycles. The average Bonchev–Trinajstić information content (AvgIpc) is 2.70. The number of carbonyl (C=O) groups is 2. The molecule has 7 heteroatoms. The van der Waals surface area contributed by atoms with Gasteiger partial charge in [0, 0.05) is 23.0 Å². The van der Waals surface area contributed by atoms with Crippen molar-refractivity contribution in [2.24, 2.45) is 0 Å². The predicted octanol–water partition coefficient (Wildman–Crippen LogP) is 3.18. The number of carbonyl (C=O) groups excluding carboxylic acids is 2. The van der Waals surface area contributed by atoms with Crippen LogP contribution in [0.5, 0.6) is 5.75 Å². The summed E-state index contributed by atoms with van der Waals surface area (Å²) in [7, 11) is 1.57. The van der Waals surface area contributed by atoms with Crippen LogP contribution >= 0.6 is 0 Å². The van der Waals surface area contributed by atoms with Gasteiger partial charge in [-0.3, -0.25) is 14.6 Å². The molecule has 0 radical (unpaired) electrons. The van der Waals surface area contributed by atoms with Gasteiger partial charge in [0.05, 0.1) is 24.7 Å². The molecular formula is C20H18N4O3. The number of methoxy groups -OCH3 is 1. The molecule has 0 atom stereocenters. The number of amides is 2. The van der Waals surface area contributed by atoms with Crippen molar-refractivity contribution in [2.75, 3.05) is 23.5 Å². The van der Waals surface area contributed by atoms with Crippen molar-refractivity contribution >= 4 is 28.9 Å². The lowest BCUT2D eigenvalue weighted by molar-refractivity contribution is 0.102. The van der Waals surface area contributed by atoms with E-state index in [9.17, 15) is 9.59 Å². The highest BCUT2D eigenvalue weighted by molar-refractivity contribution is 6.07. The normalized spacial score (nSPS) is 10.1. The lowest BCUT2D eigenvalue weighted by Crippen LogP contribution is -2.14. The fourth-order valence-corrected chi connectivity index (χ4v) is 2.37. The molecule has 0 aliphatic carbocycles. The molecule has 0 saturated carbocycles. The van der Waals surface area contributed by atoms with Crippen LogP contribution in [0.15, 0.2) is 67.0 Å². The maximum atomic E-state index is 12.3. The van der Waals surface area contributed by atoms with E-state index in [1.54, 1.807) is 67.9 Å². The molecule has 2 amide bonds. The molecule has 136 valence electrons. The van der Waals surface area contributed by atoms with E-state index in [0.717, 1.165) is 0 Å². The standard InChI is InChI=1S/C20H18N4O3/c1-27-16-8-4-14(5-9-16)19(25)23-15-6-2-13(3-7-15)20(26)24-18-10-11-22-12-17(18)21/h2-12H,21H2,1H3,(H,23,25)(H,22,24,26). The molecule has 0 fully saturated rings. The zero-order valence-electron chi connectivity index (χ0n) is 14.6. The molecule has 0 spiro atoms. The maximum absolute atomic E-state index is 12.3. The summed E-state index contributed by atoms with van der Waals surface area (Å²) in [6.45, 7) is 0. The van der Waals surface area contributed by atoms with Crippen molar-refractivity contribution in [3.05, 3.63) is 78.1 Å². The number of hydrogen-bond donors (Lipinski definition) is 3. The predicted molar refractivity (Wildman–Crippen MR) is 104 cm³/mol. The van der Waals surface area contributed by atoms with Gasteiger partial charge in [0.1, 0.15) is 5.75 Å². The molecule has 27 heavy (non-hydrogen) atoms. The van der Waals surface area contributed by atoms with E-state index in [4.69, 9.17) is 10.5 Å². The SMILES string of the molecule is COc1ccc(C(=O)Nc2ccc(C(=O)Nc3ccncc3N)cc2)cc1. The van der Waals surface area contributed by atoms with Gasteiger partial charge in [-0.25, -0.2) is 0 Å². The van der Waals surface area contributed by atoms with E-state index in [0.29, 0.717) is 33.9 Å². The number of pyridine rings is 1. The third-order valence-electron chi connectivity index (χ3n) is 3.86. The van der Waals surface area contributed by atoms with Crippen LogP contribution in [0, 0.1) is 0 Å².